The molecule has 1 aromatic heterocycles. The third kappa shape index (κ3) is 3.13. The molecule has 0 aliphatic rings. The van der Waals surface area contributed by atoms with Crippen molar-refractivity contribution in [2.45, 2.75) is 40.3 Å². The van der Waals surface area contributed by atoms with Gasteiger partial charge in [-0.15, -0.1) is 0 Å². The van der Waals surface area contributed by atoms with Crippen molar-refractivity contribution in [3.63, 3.8) is 0 Å². The first-order valence-corrected chi connectivity index (χ1v) is 7.28. The lowest BCUT2D eigenvalue weighted by molar-refractivity contribution is 0.604. The van der Waals surface area contributed by atoms with E-state index in [1.54, 1.807) is 0 Å². The van der Waals surface area contributed by atoms with Crippen molar-refractivity contribution in [1.82, 2.24) is 9.78 Å². The molecule has 0 saturated heterocycles. The molecule has 4 heteroatoms. The molecule has 0 amide bonds. The second kappa shape index (κ2) is 6.46. The number of nitrogens with zero attached hydrogens (tertiary/aromatic N) is 3. The number of benzene rings is 1. The Balaban J connectivity index is 2.28. The van der Waals surface area contributed by atoms with Crippen LogP contribution in [0.4, 0.5) is 11.4 Å². The zero-order chi connectivity index (χ0) is 14.5. The van der Waals surface area contributed by atoms with E-state index in [9.17, 15) is 0 Å². The number of nitrogens with two attached hydrogens (primary N) is 1. The van der Waals surface area contributed by atoms with Crippen LogP contribution in [-0.2, 0) is 13.1 Å². The van der Waals surface area contributed by atoms with Gasteiger partial charge < -0.3 is 10.6 Å². The van der Waals surface area contributed by atoms with Crippen LogP contribution in [0.1, 0.15) is 31.7 Å². The van der Waals surface area contributed by atoms with E-state index in [1.807, 2.05) is 25.1 Å². The van der Waals surface area contributed by atoms with E-state index in [1.165, 1.54) is 5.69 Å². The van der Waals surface area contributed by atoms with Crippen LogP contribution in [0.3, 0.4) is 0 Å². The van der Waals surface area contributed by atoms with Gasteiger partial charge in [0.15, 0.2) is 0 Å². The summed E-state index contributed by atoms with van der Waals surface area (Å²) in [5.41, 5.74) is 10.4. The Hall–Kier alpha value is -1.97. The molecule has 0 radical (unpaired) electrons. The number of nitrogen functional groups attached to an aromatic ring is 1. The van der Waals surface area contributed by atoms with Crippen LogP contribution in [-0.4, -0.2) is 16.3 Å². The SMILES string of the molecule is CCCN(Cc1cc(C)nn1CC)c1ccccc1N. The lowest BCUT2D eigenvalue weighted by atomic mass is 10.2. The smallest absolute Gasteiger partial charge is 0.0603 e. The molecule has 0 spiro atoms. The third-order valence-electron chi connectivity index (χ3n) is 3.41. The maximum Gasteiger partial charge on any atom is 0.0603 e. The average molecular weight is 272 g/mol. The minimum atomic E-state index is 0.834. The van der Waals surface area contributed by atoms with Crippen molar-refractivity contribution in [3.8, 4) is 0 Å². The molecule has 2 aromatic rings. The monoisotopic (exact) mass is 272 g/mol. The van der Waals surface area contributed by atoms with Crippen LogP contribution >= 0.6 is 0 Å². The van der Waals surface area contributed by atoms with Gasteiger partial charge in [0.25, 0.3) is 0 Å². The first-order valence-electron chi connectivity index (χ1n) is 7.28. The molecule has 0 unspecified atom stereocenters. The Labute approximate surface area is 121 Å². The highest BCUT2D eigenvalue weighted by atomic mass is 15.3. The number of hydrogen-bond donors (Lipinski definition) is 1. The number of rotatable bonds is 6. The van der Waals surface area contributed by atoms with Gasteiger partial charge >= 0.3 is 0 Å². The molecule has 2 N–H and O–H groups in total. The van der Waals surface area contributed by atoms with Crippen molar-refractivity contribution in [2.24, 2.45) is 0 Å². The van der Waals surface area contributed by atoms with Crippen LogP contribution in [0.25, 0.3) is 0 Å². The Kier molecular flexibility index (Phi) is 4.66. The number of aryl methyl sites for hydroxylation is 2. The maximum atomic E-state index is 6.12. The summed E-state index contributed by atoms with van der Waals surface area (Å²) >= 11 is 0. The second-order valence-corrected chi connectivity index (χ2v) is 5.07. The molecule has 0 saturated carbocycles. The minimum absolute atomic E-state index is 0.834. The first kappa shape index (κ1) is 14.4. The fourth-order valence-electron chi connectivity index (χ4n) is 2.53. The molecule has 1 heterocycles. The first-order chi connectivity index (χ1) is 9.65. The van der Waals surface area contributed by atoms with Gasteiger partial charge in [0, 0.05) is 13.1 Å². The van der Waals surface area contributed by atoms with Crippen molar-refractivity contribution in [3.05, 3.63) is 41.7 Å². The van der Waals surface area contributed by atoms with Gasteiger partial charge in [0.1, 0.15) is 0 Å². The van der Waals surface area contributed by atoms with Gasteiger partial charge in [0.05, 0.1) is 29.3 Å². The summed E-state index contributed by atoms with van der Waals surface area (Å²) in [4.78, 5) is 2.33. The zero-order valence-electron chi connectivity index (χ0n) is 12.6. The Morgan fingerprint density at radius 1 is 1.25 bits per heavy atom. The largest absolute Gasteiger partial charge is 0.397 e. The molecule has 2 rings (SSSR count). The minimum Gasteiger partial charge on any atom is -0.397 e. The summed E-state index contributed by atoms with van der Waals surface area (Å²) in [7, 11) is 0. The molecular formula is C16H24N4. The summed E-state index contributed by atoms with van der Waals surface area (Å²) in [5.74, 6) is 0. The van der Waals surface area contributed by atoms with Crippen LogP contribution in [0, 0.1) is 6.92 Å². The molecule has 1 aromatic carbocycles. The van der Waals surface area contributed by atoms with E-state index in [2.05, 4.69) is 40.7 Å². The quantitative estimate of drug-likeness (QED) is 0.821. The van der Waals surface area contributed by atoms with Gasteiger partial charge in [-0.25, -0.2) is 0 Å². The predicted molar refractivity (Wildman–Crippen MR) is 84.8 cm³/mol. The number of aromatic nitrogens is 2. The normalized spacial score (nSPS) is 10.8. The topological polar surface area (TPSA) is 47.1 Å². The predicted octanol–water partition coefficient (Wildman–Crippen LogP) is 3.21. The standard InChI is InChI=1S/C16H24N4/c1-4-10-19(16-9-7-6-8-15(16)17)12-14-11-13(3)18-20(14)5-2/h6-9,11H,4-5,10,12,17H2,1-3H3. The lowest BCUT2D eigenvalue weighted by Gasteiger charge is -2.26. The van der Waals surface area contributed by atoms with E-state index in [-0.39, 0.29) is 0 Å². The molecular weight excluding hydrogens is 248 g/mol. The maximum absolute atomic E-state index is 6.12. The molecule has 4 nitrogen and oxygen atoms in total. The van der Waals surface area contributed by atoms with Gasteiger partial charge in [-0.1, -0.05) is 19.1 Å². The third-order valence-corrected chi connectivity index (χ3v) is 3.41. The van der Waals surface area contributed by atoms with E-state index >= 15 is 0 Å². The zero-order valence-corrected chi connectivity index (χ0v) is 12.6. The molecule has 108 valence electrons. The molecule has 20 heavy (non-hydrogen) atoms. The average Bonchev–Trinajstić information content (AvgIpc) is 2.79. The number of anilines is 2. The van der Waals surface area contributed by atoms with Gasteiger partial charge in [-0.05, 0) is 38.5 Å². The second-order valence-electron chi connectivity index (χ2n) is 5.07. The highest BCUT2D eigenvalue weighted by Gasteiger charge is 2.12. The van der Waals surface area contributed by atoms with Crippen molar-refractivity contribution in [2.75, 3.05) is 17.2 Å². The van der Waals surface area contributed by atoms with E-state index < -0.39 is 0 Å². The van der Waals surface area contributed by atoms with Crippen LogP contribution in [0.5, 0.6) is 0 Å². The van der Waals surface area contributed by atoms with Crippen molar-refractivity contribution >= 4 is 11.4 Å². The number of hydrogen-bond acceptors (Lipinski definition) is 3. The van der Waals surface area contributed by atoms with Crippen LogP contribution < -0.4 is 10.6 Å². The molecule has 0 aliphatic carbocycles. The van der Waals surface area contributed by atoms with Crippen LogP contribution in [0.2, 0.25) is 0 Å². The fraction of sp³-hybridized carbons (Fsp3) is 0.438. The Morgan fingerprint density at radius 3 is 2.65 bits per heavy atom. The van der Waals surface area contributed by atoms with Crippen molar-refractivity contribution < 1.29 is 0 Å². The van der Waals surface area contributed by atoms with Crippen LogP contribution in [0.15, 0.2) is 30.3 Å². The Bertz CT molecular complexity index is 559. The Morgan fingerprint density at radius 2 is 2.00 bits per heavy atom. The summed E-state index contributed by atoms with van der Waals surface area (Å²) in [6, 6.07) is 10.2. The molecule has 0 aliphatic heterocycles. The lowest BCUT2D eigenvalue weighted by Crippen LogP contribution is -2.26. The molecule has 0 bridgehead atoms. The molecule has 0 atom stereocenters. The highest BCUT2D eigenvalue weighted by molar-refractivity contribution is 5.67. The summed E-state index contributed by atoms with van der Waals surface area (Å²) < 4.78 is 2.07. The highest BCUT2D eigenvalue weighted by Crippen LogP contribution is 2.24. The fourth-order valence-corrected chi connectivity index (χ4v) is 2.53. The van der Waals surface area contributed by atoms with Gasteiger partial charge in [-0.2, -0.15) is 5.10 Å². The van der Waals surface area contributed by atoms with E-state index in [0.29, 0.717) is 0 Å². The summed E-state index contributed by atoms with van der Waals surface area (Å²) in [6.07, 6.45) is 1.09. The van der Waals surface area contributed by atoms with Crippen molar-refractivity contribution in [1.29, 1.82) is 0 Å². The summed E-state index contributed by atoms with van der Waals surface area (Å²) in [6.45, 7) is 9.08. The van der Waals surface area contributed by atoms with E-state index in [0.717, 1.165) is 43.1 Å². The summed E-state index contributed by atoms with van der Waals surface area (Å²) in [5, 5.41) is 4.52. The number of para-hydroxylation sites is 2. The molecule has 0 fully saturated rings. The van der Waals surface area contributed by atoms with Gasteiger partial charge in [0.2, 0.25) is 0 Å². The van der Waals surface area contributed by atoms with Gasteiger partial charge in [-0.3, -0.25) is 4.68 Å². The van der Waals surface area contributed by atoms with E-state index in [4.69, 9.17) is 5.73 Å².